The van der Waals surface area contributed by atoms with Gasteiger partial charge in [-0.1, -0.05) is 35.9 Å². The Balaban J connectivity index is 1.42. The third-order valence-corrected chi connectivity index (χ3v) is 8.05. The maximum atomic E-state index is 12.4. The van der Waals surface area contributed by atoms with Crippen molar-refractivity contribution in [1.29, 1.82) is 0 Å². The van der Waals surface area contributed by atoms with Gasteiger partial charge in [-0.05, 0) is 60.6 Å². The van der Waals surface area contributed by atoms with E-state index in [1.165, 1.54) is 23.7 Å². The average molecular weight is 474 g/mol. The van der Waals surface area contributed by atoms with E-state index < -0.39 is 9.84 Å². The predicted molar refractivity (Wildman–Crippen MR) is 126 cm³/mol. The van der Waals surface area contributed by atoms with Crippen molar-refractivity contribution in [3.63, 3.8) is 0 Å². The molecule has 32 heavy (non-hydrogen) atoms. The van der Waals surface area contributed by atoms with E-state index in [0.717, 1.165) is 35.6 Å². The number of aryl methyl sites for hydroxylation is 2. The summed E-state index contributed by atoms with van der Waals surface area (Å²) in [6, 6.07) is 14.0. The topological polar surface area (TPSA) is 87.2 Å². The second-order valence-corrected chi connectivity index (χ2v) is 10.8. The standard InChI is InChI=1S/C24H28ClN3O3S/c1-28-15-24(27-16-28)32(29,30)12-4-11-31-19-9-7-17-8-10-23(26)21(20(17)14-19)13-18-5-2-3-6-22(18)25/h2-3,5-7,9,14-16,21,23H,4,8,10-13,26H2,1H3. The first-order valence-electron chi connectivity index (χ1n) is 10.8. The highest BCUT2D eigenvalue weighted by atomic mass is 35.5. The van der Waals surface area contributed by atoms with Crippen LogP contribution in [0.5, 0.6) is 5.75 Å². The summed E-state index contributed by atoms with van der Waals surface area (Å²) >= 11 is 6.40. The Hall–Kier alpha value is -2.35. The van der Waals surface area contributed by atoms with Crippen LogP contribution in [-0.2, 0) is 29.7 Å². The average Bonchev–Trinajstić information content (AvgIpc) is 3.22. The Morgan fingerprint density at radius 1 is 1.25 bits per heavy atom. The smallest absolute Gasteiger partial charge is 0.197 e. The van der Waals surface area contributed by atoms with E-state index in [1.807, 2.05) is 30.3 Å². The van der Waals surface area contributed by atoms with Crippen molar-refractivity contribution in [1.82, 2.24) is 9.55 Å². The van der Waals surface area contributed by atoms with Crippen LogP contribution in [-0.4, -0.2) is 36.4 Å². The van der Waals surface area contributed by atoms with Crippen LogP contribution in [0.3, 0.4) is 0 Å². The summed E-state index contributed by atoms with van der Waals surface area (Å²) in [5.74, 6) is 0.888. The van der Waals surface area contributed by atoms with Crippen LogP contribution in [0.4, 0.5) is 0 Å². The number of ether oxygens (including phenoxy) is 1. The molecule has 0 saturated carbocycles. The normalized spacial score (nSPS) is 18.3. The van der Waals surface area contributed by atoms with E-state index in [-0.39, 0.29) is 22.7 Å². The zero-order valence-electron chi connectivity index (χ0n) is 18.1. The number of imidazole rings is 1. The molecule has 0 radical (unpaired) electrons. The van der Waals surface area contributed by atoms with Gasteiger partial charge in [-0.25, -0.2) is 13.4 Å². The van der Waals surface area contributed by atoms with Gasteiger partial charge in [0.2, 0.25) is 0 Å². The summed E-state index contributed by atoms with van der Waals surface area (Å²) in [7, 11) is -1.66. The molecule has 2 N–H and O–H groups in total. The van der Waals surface area contributed by atoms with E-state index >= 15 is 0 Å². The highest BCUT2D eigenvalue weighted by molar-refractivity contribution is 7.91. The highest BCUT2D eigenvalue weighted by Crippen LogP contribution is 2.37. The van der Waals surface area contributed by atoms with E-state index in [4.69, 9.17) is 22.1 Å². The first kappa shape index (κ1) is 22.8. The molecule has 0 bridgehead atoms. The van der Waals surface area contributed by atoms with E-state index in [9.17, 15) is 8.42 Å². The molecule has 1 aromatic heterocycles. The lowest BCUT2D eigenvalue weighted by Gasteiger charge is -2.32. The molecular weight excluding hydrogens is 446 g/mol. The molecule has 170 valence electrons. The molecule has 1 heterocycles. The molecule has 2 atom stereocenters. The Morgan fingerprint density at radius 2 is 2.06 bits per heavy atom. The van der Waals surface area contributed by atoms with Crippen LogP contribution in [0, 0.1) is 0 Å². The summed E-state index contributed by atoms with van der Waals surface area (Å²) in [4.78, 5) is 3.94. The molecule has 2 unspecified atom stereocenters. The van der Waals surface area contributed by atoms with Gasteiger partial charge in [0, 0.05) is 30.2 Å². The highest BCUT2D eigenvalue weighted by Gasteiger charge is 2.28. The minimum atomic E-state index is -3.40. The Labute approximate surface area is 194 Å². The van der Waals surface area contributed by atoms with Crippen molar-refractivity contribution in [3.05, 3.63) is 76.7 Å². The molecule has 1 aliphatic carbocycles. The predicted octanol–water partition coefficient (Wildman–Crippen LogP) is 3.92. The molecular formula is C24H28ClN3O3S. The number of hydrogen-bond acceptors (Lipinski definition) is 5. The molecule has 1 aliphatic rings. The zero-order chi connectivity index (χ0) is 22.7. The van der Waals surface area contributed by atoms with E-state index in [2.05, 4.69) is 17.1 Å². The van der Waals surface area contributed by atoms with Gasteiger partial charge in [-0.3, -0.25) is 0 Å². The zero-order valence-corrected chi connectivity index (χ0v) is 19.6. The van der Waals surface area contributed by atoms with Crippen LogP contribution in [0.2, 0.25) is 5.02 Å². The van der Waals surface area contributed by atoms with Gasteiger partial charge in [-0.15, -0.1) is 0 Å². The van der Waals surface area contributed by atoms with Crippen molar-refractivity contribution >= 4 is 21.4 Å². The van der Waals surface area contributed by atoms with Crippen molar-refractivity contribution < 1.29 is 13.2 Å². The maximum Gasteiger partial charge on any atom is 0.197 e. The fourth-order valence-electron chi connectivity index (χ4n) is 4.24. The maximum absolute atomic E-state index is 12.4. The second kappa shape index (κ2) is 9.65. The second-order valence-electron chi connectivity index (χ2n) is 8.36. The molecule has 8 heteroatoms. The van der Waals surface area contributed by atoms with Crippen LogP contribution < -0.4 is 10.5 Å². The van der Waals surface area contributed by atoms with Crippen molar-refractivity contribution in [3.8, 4) is 5.75 Å². The van der Waals surface area contributed by atoms with Gasteiger partial charge in [0.25, 0.3) is 0 Å². The van der Waals surface area contributed by atoms with Crippen LogP contribution >= 0.6 is 11.6 Å². The number of nitrogens with zero attached hydrogens (tertiary/aromatic N) is 2. The quantitative estimate of drug-likeness (QED) is 0.501. The number of hydrogen-bond donors (Lipinski definition) is 1. The largest absolute Gasteiger partial charge is 0.494 e. The number of aromatic nitrogens is 2. The van der Waals surface area contributed by atoms with Crippen LogP contribution in [0.25, 0.3) is 0 Å². The van der Waals surface area contributed by atoms with Gasteiger partial charge in [-0.2, -0.15) is 0 Å². The Kier molecular flexibility index (Phi) is 6.88. The summed E-state index contributed by atoms with van der Waals surface area (Å²) in [6.45, 7) is 0.312. The lowest BCUT2D eigenvalue weighted by Crippen LogP contribution is -2.34. The number of rotatable bonds is 8. The van der Waals surface area contributed by atoms with Gasteiger partial charge in [0.05, 0.1) is 18.7 Å². The van der Waals surface area contributed by atoms with E-state index in [1.54, 1.807) is 11.6 Å². The SMILES string of the molecule is Cn1cnc(S(=O)(=O)CCCOc2ccc3c(c2)C(Cc2ccccc2Cl)C(N)CC3)c1. The molecule has 0 spiro atoms. The van der Waals surface area contributed by atoms with E-state index in [0.29, 0.717) is 13.0 Å². The van der Waals surface area contributed by atoms with Crippen LogP contribution in [0.1, 0.15) is 35.4 Å². The third-order valence-electron chi connectivity index (χ3n) is 6.00. The summed E-state index contributed by atoms with van der Waals surface area (Å²) in [5.41, 5.74) is 10.1. The Morgan fingerprint density at radius 3 is 2.81 bits per heavy atom. The number of fused-ring (bicyclic) bond motifs is 1. The third kappa shape index (κ3) is 5.17. The molecule has 0 saturated heterocycles. The molecule has 0 aliphatic heterocycles. The summed E-state index contributed by atoms with van der Waals surface area (Å²) in [5, 5.41) is 0.860. The summed E-state index contributed by atoms with van der Waals surface area (Å²) in [6.07, 6.45) is 6.05. The van der Waals surface area contributed by atoms with Crippen molar-refractivity contribution in [2.75, 3.05) is 12.4 Å². The fourth-order valence-corrected chi connectivity index (χ4v) is 5.70. The molecule has 0 amide bonds. The van der Waals surface area contributed by atoms with Gasteiger partial charge in [0.1, 0.15) is 5.75 Å². The van der Waals surface area contributed by atoms with Gasteiger partial charge < -0.3 is 15.0 Å². The summed E-state index contributed by atoms with van der Waals surface area (Å²) < 4.78 is 32.3. The first-order valence-corrected chi connectivity index (χ1v) is 12.8. The minimum absolute atomic E-state index is 0.00500. The Bertz CT molecular complexity index is 1190. The van der Waals surface area contributed by atoms with Gasteiger partial charge >= 0.3 is 0 Å². The van der Waals surface area contributed by atoms with Crippen molar-refractivity contribution in [2.24, 2.45) is 12.8 Å². The molecule has 0 fully saturated rings. The number of benzene rings is 2. The first-order chi connectivity index (χ1) is 15.3. The van der Waals surface area contributed by atoms with Crippen molar-refractivity contribution in [2.45, 2.75) is 42.7 Å². The van der Waals surface area contributed by atoms with Crippen LogP contribution in [0.15, 0.2) is 60.0 Å². The number of sulfone groups is 1. The monoisotopic (exact) mass is 473 g/mol. The molecule has 3 aromatic rings. The number of nitrogens with two attached hydrogens (primary N) is 1. The fraction of sp³-hybridized carbons (Fsp3) is 0.375. The van der Waals surface area contributed by atoms with Gasteiger partial charge in [0.15, 0.2) is 14.9 Å². The molecule has 6 nitrogen and oxygen atoms in total. The number of halogens is 1. The molecule has 4 rings (SSSR count). The molecule has 2 aromatic carbocycles. The minimum Gasteiger partial charge on any atom is -0.494 e. The lowest BCUT2D eigenvalue weighted by molar-refractivity contribution is 0.316. The lowest BCUT2D eigenvalue weighted by atomic mass is 9.76.